The van der Waals surface area contributed by atoms with Crippen molar-refractivity contribution in [3.8, 4) is 5.75 Å². The average molecular weight is 359 g/mol. The number of hydrogen-bond acceptors (Lipinski definition) is 3. The highest BCUT2D eigenvalue weighted by Gasteiger charge is 2.52. The van der Waals surface area contributed by atoms with Crippen molar-refractivity contribution in [1.82, 2.24) is 4.90 Å². The van der Waals surface area contributed by atoms with Crippen LogP contribution in [0.3, 0.4) is 0 Å². The number of halogens is 3. The zero-order chi connectivity index (χ0) is 18.6. The monoisotopic (exact) mass is 359 g/mol. The van der Waals surface area contributed by atoms with Crippen molar-refractivity contribution in [2.45, 2.75) is 33.0 Å². The fraction of sp³-hybridized carbons (Fsp3) is 0.611. The number of carboxylic acids is 1. The summed E-state index contributed by atoms with van der Waals surface area (Å²) in [4.78, 5) is 12.7. The molecule has 1 heterocycles. The topological polar surface area (TPSA) is 49.8 Å². The Morgan fingerprint density at radius 1 is 1.28 bits per heavy atom. The van der Waals surface area contributed by atoms with Gasteiger partial charge in [-0.15, -0.1) is 0 Å². The van der Waals surface area contributed by atoms with Crippen LogP contribution in [0.15, 0.2) is 24.3 Å². The molecule has 1 saturated heterocycles. The Kier molecular flexibility index (Phi) is 6.32. The fourth-order valence-corrected chi connectivity index (χ4v) is 2.96. The standard InChI is InChI=1S/C18H24F3NO3/c1-12(2)7-8-25-14-5-3-13(4-6-14)9-22-10-15(17(23)24)16(11-22)18(19,20)21/h3-6,12,15-16H,7-11H2,1-2H3,(H,23,24)/t15-,16-/m1/s1. The van der Waals surface area contributed by atoms with Crippen LogP contribution in [-0.2, 0) is 11.3 Å². The van der Waals surface area contributed by atoms with Crippen LogP contribution in [0.1, 0.15) is 25.8 Å². The number of aliphatic carboxylic acids is 1. The third-order valence-corrected chi connectivity index (χ3v) is 4.43. The number of carbonyl (C=O) groups is 1. The van der Waals surface area contributed by atoms with E-state index in [1.165, 1.54) is 0 Å². The first-order chi connectivity index (χ1) is 11.7. The zero-order valence-electron chi connectivity index (χ0n) is 14.4. The summed E-state index contributed by atoms with van der Waals surface area (Å²) in [5.74, 6) is -3.33. The summed E-state index contributed by atoms with van der Waals surface area (Å²) < 4.78 is 44.6. The second-order valence-electron chi connectivity index (χ2n) is 6.96. The van der Waals surface area contributed by atoms with E-state index in [4.69, 9.17) is 9.84 Å². The van der Waals surface area contributed by atoms with E-state index in [1.54, 1.807) is 29.2 Å². The molecular formula is C18H24F3NO3. The first-order valence-electron chi connectivity index (χ1n) is 8.40. The molecule has 7 heteroatoms. The highest BCUT2D eigenvalue weighted by molar-refractivity contribution is 5.71. The number of likely N-dealkylation sites (tertiary alicyclic amines) is 1. The van der Waals surface area contributed by atoms with Crippen LogP contribution < -0.4 is 4.74 Å². The van der Waals surface area contributed by atoms with Gasteiger partial charge in [0.15, 0.2) is 0 Å². The van der Waals surface area contributed by atoms with E-state index in [1.807, 2.05) is 0 Å². The minimum Gasteiger partial charge on any atom is -0.494 e. The lowest BCUT2D eigenvalue weighted by Crippen LogP contribution is -2.33. The number of carboxylic acid groups (broad SMARTS) is 1. The van der Waals surface area contributed by atoms with E-state index in [9.17, 15) is 18.0 Å². The molecule has 1 aromatic carbocycles. The van der Waals surface area contributed by atoms with Crippen LogP contribution in [0.5, 0.6) is 5.75 Å². The molecule has 0 aromatic heterocycles. The lowest BCUT2D eigenvalue weighted by atomic mass is 9.96. The summed E-state index contributed by atoms with van der Waals surface area (Å²) in [5.41, 5.74) is 0.836. The van der Waals surface area contributed by atoms with E-state index in [0.29, 0.717) is 19.1 Å². The van der Waals surface area contributed by atoms with Gasteiger partial charge in [0.05, 0.1) is 18.4 Å². The van der Waals surface area contributed by atoms with Gasteiger partial charge in [0.25, 0.3) is 0 Å². The molecule has 0 bridgehead atoms. The maximum atomic E-state index is 13.0. The smallest absolute Gasteiger partial charge is 0.393 e. The van der Waals surface area contributed by atoms with Crippen molar-refractivity contribution >= 4 is 5.97 Å². The molecule has 0 radical (unpaired) electrons. The first kappa shape index (κ1) is 19.6. The van der Waals surface area contributed by atoms with Gasteiger partial charge in [-0.05, 0) is 30.0 Å². The Morgan fingerprint density at radius 2 is 1.92 bits per heavy atom. The van der Waals surface area contributed by atoms with Gasteiger partial charge in [0.1, 0.15) is 5.75 Å². The number of nitrogens with zero attached hydrogens (tertiary/aromatic N) is 1. The van der Waals surface area contributed by atoms with Crippen molar-refractivity contribution in [3.63, 3.8) is 0 Å². The lowest BCUT2D eigenvalue weighted by molar-refractivity contribution is -0.188. The Morgan fingerprint density at radius 3 is 2.40 bits per heavy atom. The third kappa shape index (κ3) is 5.63. The molecule has 140 valence electrons. The van der Waals surface area contributed by atoms with Gasteiger partial charge >= 0.3 is 12.1 Å². The maximum absolute atomic E-state index is 13.0. The Hall–Kier alpha value is -1.76. The second-order valence-corrected chi connectivity index (χ2v) is 6.96. The van der Waals surface area contributed by atoms with Gasteiger partial charge in [-0.3, -0.25) is 9.69 Å². The SMILES string of the molecule is CC(C)CCOc1ccc(CN2C[C@@H](C(F)(F)F)[C@H](C(=O)O)C2)cc1. The van der Waals surface area contributed by atoms with Gasteiger partial charge in [-0.1, -0.05) is 26.0 Å². The molecule has 0 aliphatic carbocycles. The van der Waals surface area contributed by atoms with Gasteiger partial charge in [-0.25, -0.2) is 0 Å². The van der Waals surface area contributed by atoms with Crippen LogP contribution in [0.25, 0.3) is 0 Å². The predicted octanol–water partition coefficient (Wildman–Crippen LogP) is 3.81. The minimum absolute atomic E-state index is 0.0911. The molecule has 0 amide bonds. The summed E-state index contributed by atoms with van der Waals surface area (Å²) in [7, 11) is 0. The summed E-state index contributed by atoms with van der Waals surface area (Å²) in [6.07, 6.45) is -3.54. The minimum atomic E-state index is -4.49. The van der Waals surface area contributed by atoms with Gasteiger partial charge < -0.3 is 9.84 Å². The van der Waals surface area contributed by atoms with Gasteiger partial charge in [-0.2, -0.15) is 13.2 Å². The molecule has 1 aliphatic heterocycles. The summed E-state index contributed by atoms with van der Waals surface area (Å²) in [6, 6.07) is 7.20. The van der Waals surface area contributed by atoms with Crippen LogP contribution >= 0.6 is 0 Å². The van der Waals surface area contributed by atoms with E-state index in [0.717, 1.165) is 17.7 Å². The quantitative estimate of drug-likeness (QED) is 0.804. The number of rotatable bonds is 7. The van der Waals surface area contributed by atoms with E-state index < -0.39 is 24.0 Å². The van der Waals surface area contributed by atoms with Crippen molar-refractivity contribution in [1.29, 1.82) is 0 Å². The summed E-state index contributed by atoms with van der Waals surface area (Å²) >= 11 is 0. The average Bonchev–Trinajstić information content (AvgIpc) is 2.93. The van der Waals surface area contributed by atoms with Crippen LogP contribution in [0.4, 0.5) is 13.2 Å². The molecule has 2 rings (SSSR count). The highest BCUT2D eigenvalue weighted by atomic mass is 19.4. The van der Waals surface area contributed by atoms with Crippen molar-refractivity contribution in [2.24, 2.45) is 17.8 Å². The largest absolute Gasteiger partial charge is 0.494 e. The molecule has 25 heavy (non-hydrogen) atoms. The number of hydrogen-bond donors (Lipinski definition) is 1. The molecule has 2 atom stereocenters. The van der Waals surface area contributed by atoms with Gasteiger partial charge in [0.2, 0.25) is 0 Å². The highest BCUT2D eigenvalue weighted by Crippen LogP contribution is 2.38. The number of ether oxygens (including phenoxy) is 1. The molecule has 0 saturated carbocycles. The van der Waals surface area contributed by atoms with Crippen molar-refractivity contribution in [3.05, 3.63) is 29.8 Å². The second kappa shape index (κ2) is 8.08. The molecular weight excluding hydrogens is 335 g/mol. The van der Waals surface area contributed by atoms with Gasteiger partial charge in [0, 0.05) is 19.6 Å². The molecule has 1 N–H and O–H groups in total. The Labute approximate surface area is 145 Å². The molecule has 1 fully saturated rings. The fourth-order valence-electron chi connectivity index (χ4n) is 2.96. The van der Waals surface area contributed by atoms with Crippen molar-refractivity contribution < 1.29 is 27.8 Å². The van der Waals surface area contributed by atoms with Crippen LogP contribution in [0, 0.1) is 17.8 Å². The zero-order valence-corrected chi connectivity index (χ0v) is 14.4. The maximum Gasteiger partial charge on any atom is 0.393 e. The summed E-state index contributed by atoms with van der Waals surface area (Å²) in [5, 5.41) is 9.05. The molecule has 1 aromatic rings. The van der Waals surface area contributed by atoms with E-state index >= 15 is 0 Å². The predicted molar refractivity (Wildman–Crippen MR) is 87.3 cm³/mol. The molecule has 1 aliphatic rings. The molecule has 0 spiro atoms. The summed E-state index contributed by atoms with van der Waals surface area (Å²) in [6.45, 7) is 4.76. The molecule has 4 nitrogen and oxygen atoms in total. The third-order valence-electron chi connectivity index (χ3n) is 4.43. The van der Waals surface area contributed by atoms with Crippen LogP contribution in [0.2, 0.25) is 0 Å². The van der Waals surface area contributed by atoms with E-state index in [2.05, 4.69) is 13.8 Å². The van der Waals surface area contributed by atoms with E-state index in [-0.39, 0.29) is 13.1 Å². The Bertz CT molecular complexity index is 572. The number of benzene rings is 1. The normalized spacial score (nSPS) is 21.7. The van der Waals surface area contributed by atoms with Crippen LogP contribution in [-0.4, -0.2) is 41.8 Å². The lowest BCUT2D eigenvalue weighted by Gasteiger charge is -2.18. The molecule has 0 unspecified atom stereocenters. The first-order valence-corrected chi connectivity index (χ1v) is 8.40. The van der Waals surface area contributed by atoms with Crippen molar-refractivity contribution in [2.75, 3.05) is 19.7 Å². The number of alkyl halides is 3. The Balaban J connectivity index is 1.92.